The molecule has 0 unspecified atom stereocenters. The number of nitrogens with zero attached hydrogens (tertiary/aromatic N) is 6. The third kappa shape index (κ3) is 2.48. The van der Waals surface area contributed by atoms with Crippen molar-refractivity contribution in [1.29, 1.82) is 0 Å². The van der Waals surface area contributed by atoms with E-state index in [0.29, 0.717) is 12.6 Å². The Kier molecular flexibility index (Phi) is 3.33. The highest BCUT2D eigenvalue weighted by molar-refractivity contribution is 5.55. The number of benzene rings is 1. The summed E-state index contributed by atoms with van der Waals surface area (Å²) in [5.74, 6) is 2.82. The lowest BCUT2D eigenvalue weighted by molar-refractivity contribution is 0.392. The molecule has 3 aromatic rings. The minimum atomic E-state index is 0.255. The van der Waals surface area contributed by atoms with E-state index in [9.17, 15) is 0 Å². The summed E-state index contributed by atoms with van der Waals surface area (Å²) in [4.78, 5) is 6.52. The van der Waals surface area contributed by atoms with Gasteiger partial charge >= 0.3 is 6.01 Å². The first-order valence-electron chi connectivity index (χ1n) is 7.78. The molecule has 0 saturated heterocycles. The normalized spacial score (nSPS) is 14.3. The minimum absolute atomic E-state index is 0.255. The van der Waals surface area contributed by atoms with Crippen molar-refractivity contribution in [2.45, 2.75) is 32.9 Å². The lowest BCUT2D eigenvalue weighted by atomic mass is 10.2. The van der Waals surface area contributed by atoms with Gasteiger partial charge in [-0.05, 0) is 0 Å². The number of rotatable bonds is 3. The van der Waals surface area contributed by atoms with E-state index in [2.05, 4.69) is 41.9 Å². The van der Waals surface area contributed by atoms with Gasteiger partial charge in [-0.3, -0.25) is 0 Å². The van der Waals surface area contributed by atoms with E-state index in [1.807, 2.05) is 32.0 Å². The molecule has 0 fully saturated rings. The predicted octanol–water partition coefficient (Wildman–Crippen LogP) is 2.47. The second-order valence-corrected chi connectivity index (χ2v) is 5.97. The second kappa shape index (κ2) is 5.49. The van der Waals surface area contributed by atoms with E-state index in [1.54, 1.807) is 0 Å². The lowest BCUT2D eigenvalue weighted by Gasteiger charge is -2.25. The van der Waals surface area contributed by atoms with Crippen LogP contribution < -0.4 is 4.90 Å². The van der Waals surface area contributed by atoms with Gasteiger partial charge in [-0.2, -0.15) is 4.98 Å². The Labute approximate surface area is 134 Å². The maximum absolute atomic E-state index is 5.38. The Hall–Kier alpha value is -2.70. The smallest absolute Gasteiger partial charge is 0.315 e. The van der Waals surface area contributed by atoms with Gasteiger partial charge in [0.1, 0.15) is 0 Å². The van der Waals surface area contributed by atoms with Gasteiger partial charge in [-0.25, -0.2) is 0 Å². The molecule has 1 aliphatic rings. The van der Waals surface area contributed by atoms with Gasteiger partial charge in [-0.15, -0.1) is 10.2 Å². The zero-order valence-electron chi connectivity index (χ0n) is 13.2. The number of aromatic nitrogens is 5. The van der Waals surface area contributed by atoms with Crippen LogP contribution in [0.25, 0.3) is 11.4 Å². The fraction of sp³-hybridized carbons (Fsp3) is 0.375. The van der Waals surface area contributed by atoms with E-state index in [4.69, 9.17) is 4.52 Å². The van der Waals surface area contributed by atoms with Gasteiger partial charge in [0.15, 0.2) is 17.5 Å². The average molecular weight is 310 g/mol. The highest BCUT2D eigenvalue weighted by atomic mass is 16.5. The van der Waals surface area contributed by atoms with Crippen molar-refractivity contribution in [2.75, 3.05) is 11.4 Å². The van der Waals surface area contributed by atoms with Crippen molar-refractivity contribution in [3.63, 3.8) is 0 Å². The number of hydrogen-bond donors (Lipinski definition) is 0. The van der Waals surface area contributed by atoms with E-state index >= 15 is 0 Å². The minimum Gasteiger partial charge on any atom is -0.315 e. The Morgan fingerprint density at radius 3 is 2.65 bits per heavy atom. The van der Waals surface area contributed by atoms with Crippen molar-refractivity contribution < 1.29 is 4.52 Å². The molecule has 1 aliphatic heterocycles. The Morgan fingerprint density at radius 2 is 1.91 bits per heavy atom. The van der Waals surface area contributed by atoms with Crippen LogP contribution >= 0.6 is 0 Å². The van der Waals surface area contributed by atoms with Gasteiger partial charge in [0.2, 0.25) is 0 Å². The first-order valence-corrected chi connectivity index (χ1v) is 7.78. The Balaban J connectivity index is 1.60. The van der Waals surface area contributed by atoms with Crippen LogP contribution in [0.4, 0.5) is 6.01 Å². The second-order valence-electron chi connectivity index (χ2n) is 5.97. The summed E-state index contributed by atoms with van der Waals surface area (Å²) in [6.07, 6.45) is 0. The van der Waals surface area contributed by atoms with Gasteiger partial charge in [-0.1, -0.05) is 49.3 Å². The van der Waals surface area contributed by atoms with Gasteiger partial charge in [0.25, 0.3) is 0 Å². The van der Waals surface area contributed by atoms with Crippen LogP contribution in [0, 0.1) is 0 Å². The summed E-state index contributed by atoms with van der Waals surface area (Å²) in [6.45, 7) is 6.32. The maximum atomic E-state index is 5.38. The summed E-state index contributed by atoms with van der Waals surface area (Å²) >= 11 is 0. The third-order valence-corrected chi connectivity index (χ3v) is 4.00. The fourth-order valence-electron chi connectivity index (χ4n) is 2.71. The Bertz CT molecular complexity index is 807. The van der Waals surface area contributed by atoms with Crippen LogP contribution in [-0.2, 0) is 13.1 Å². The number of anilines is 1. The van der Waals surface area contributed by atoms with E-state index in [-0.39, 0.29) is 5.92 Å². The highest BCUT2D eigenvalue weighted by Crippen LogP contribution is 2.24. The SMILES string of the molecule is CC(C)c1noc(N2CCn3c(nnc3-c3ccccc3)C2)n1. The van der Waals surface area contributed by atoms with Crippen molar-refractivity contribution >= 4 is 6.01 Å². The molecular weight excluding hydrogens is 292 g/mol. The van der Waals surface area contributed by atoms with E-state index in [1.165, 1.54) is 0 Å². The molecule has 23 heavy (non-hydrogen) atoms. The van der Waals surface area contributed by atoms with E-state index in [0.717, 1.165) is 36.1 Å². The van der Waals surface area contributed by atoms with Crippen LogP contribution in [0.5, 0.6) is 0 Å². The maximum Gasteiger partial charge on any atom is 0.324 e. The molecule has 0 spiro atoms. The summed E-state index contributed by atoms with van der Waals surface area (Å²) in [6, 6.07) is 10.7. The van der Waals surface area contributed by atoms with Crippen molar-refractivity contribution in [3.8, 4) is 11.4 Å². The van der Waals surface area contributed by atoms with Gasteiger partial charge < -0.3 is 14.0 Å². The van der Waals surface area contributed by atoms with Crippen LogP contribution in [0.15, 0.2) is 34.9 Å². The molecule has 7 nitrogen and oxygen atoms in total. The summed E-state index contributed by atoms with van der Waals surface area (Å²) < 4.78 is 7.54. The van der Waals surface area contributed by atoms with Crippen molar-refractivity contribution in [1.82, 2.24) is 24.9 Å². The largest absolute Gasteiger partial charge is 0.324 e. The monoisotopic (exact) mass is 310 g/mol. The van der Waals surface area contributed by atoms with Gasteiger partial charge in [0.05, 0.1) is 6.54 Å². The van der Waals surface area contributed by atoms with Crippen LogP contribution in [-0.4, -0.2) is 31.4 Å². The molecule has 1 aromatic carbocycles. The molecule has 0 amide bonds. The topological polar surface area (TPSA) is 72.9 Å². The zero-order valence-corrected chi connectivity index (χ0v) is 13.2. The molecule has 0 atom stereocenters. The van der Waals surface area contributed by atoms with Gasteiger partial charge in [0, 0.05) is 24.6 Å². The standard InChI is InChI=1S/C16H18N6O/c1-11(2)14-17-16(23-20-14)21-8-9-22-13(10-21)18-19-15(22)12-6-4-3-5-7-12/h3-7,11H,8-10H2,1-2H3. The van der Waals surface area contributed by atoms with Crippen molar-refractivity contribution in [3.05, 3.63) is 42.0 Å². The highest BCUT2D eigenvalue weighted by Gasteiger charge is 2.25. The molecule has 0 radical (unpaired) electrons. The molecule has 118 valence electrons. The summed E-state index contributed by atoms with van der Waals surface area (Å²) in [5.41, 5.74) is 1.08. The Morgan fingerprint density at radius 1 is 1.09 bits per heavy atom. The predicted molar refractivity (Wildman–Crippen MR) is 84.9 cm³/mol. The molecular formula is C16H18N6O. The summed E-state index contributed by atoms with van der Waals surface area (Å²) in [5, 5.41) is 12.7. The molecule has 0 saturated carbocycles. The third-order valence-electron chi connectivity index (χ3n) is 4.00. The van der Waals surface area contributed by atoms with Crippen molar-refractivity contribution in [2.24, 2.45) is 0 Å². The first kappa shape index (κ1) is 13.9. The van der Waals surface area contributed by atoms with Crippen LogP contribution in [0.2, 0.25) is 0 Å². The van der Waals surface area contributed by atoms with Crippen LogP contribution in [0.3, 0.4) is 0 Å². The molecule has 3 heterocycles. The summed E-state index contributed by atoms with van der Waals surface area (Å²) in [7, 11) is 0. The molecule has 0 bridgehead atoms. The quantitative estimate of drug-likeness (QED) is 0.740. The zero-order chi connectivity index (χ0) is 15.8. The lowest BCUT2D eigenvalue weighted by Crippen LogP contribution is -2.34. The molecule has 2 aromatic heterocycles. The average Bonchev–Trinajstić information content (AvgIpc) is 3.22. The fourth-order valence-corrected chi connectivity index (χ4v) is 2.71. The molecule has 0 aliphatic carbocycles. The van der Waals surface area contributed by atoms with Crippen LogP contribution in [0.1, 0.15) is 31.4 Å². The molecule has 7 heteroatoms. The van der Waals surface area contributed by atoms with E-state index < -0.39 is 0 Å². The molecule has 0 N–H and O–H groups in total. The molecule has 4 rings (SSSR count). The number of hydrogen-bond acceptors (Lipinski definition) is 6. The number of fused-ring (bicyclic) bond motifs is 1. The first-order chi connectivity index (χ1) is 11.2.